The molecule has 0 bridgehead atoms. The normalized spacial score (nSPS) is 17.0. The second kappa shape index (κ2) is 9.74. The number of carbonyl (C=O) groups excluding carboxylic acids is 1. The molecule has 130 valence electrons. The van der Waals surface area contributed by atoms with Crippen molar-refractivity contribution in [3.05, 3.63) is 65.5 Å². The number of carbonyl (C=O) groups is 1. The average Bonchev–Trinajstić information content (AvgIpc) is 2.59. The first-order valence-electron chi connectivity index (χ1n) is 7.65. The molecule has 2 N–H and O–H groups in total. The number of Topliss-reactive ketones (excluding diaryl/α,β-unsaturated/α-hetero) is 1. The van der Waals surface area contributed by atoms with Crippen LogP contribution in [0.3, 0.4) is 0 Å². The molecular weight excluding hydrogens is 347 g/mol. The SMILES string of the molecule is Cl.Cl.O=C(CC[C@@H](O)[C@@H]1Cc2ccccc2CN1)c1ccncc1. The fourth-order valence-corrected chi connectivity index (χ4v) is 2.91. The fraction of sp³-hybridized carbons (Fsp3) is 0.333. The number of hydrogen-bond donors (Lipinski definition) is 2. The topological polar surface area (TPSA) is 62.2 Å². The summed E-state index contributed by atoms with van der Waals surface area (Å²) in [6.45, 7) is 0.774. The van der Waals surface area contributed by atoms with Crippen LogP contribution in [0, 0.1) is 0 Å². The van der Waals surface area contributed by atoms with E-state index in [0.717, 1.165) is 13.0 Å². The van der Waals surface area contributed by atoms with Crippen molar-refractivity contribution in [2.24, 2.45) is 0 Å². The van der Waals surface area contributed by atoms with Crippen LogP contribution >= 0.6 is 24.8 Å². The van der Waals surface area contributed by atoms with E-state index in [2.05, 4.69) is 22.4 Å². The van der Waals surface area contributed by atoms with Gasteiger partial charge in [0.05, 0.1) is 6.10 Å². The molecule has 0 fully saturated rings. The molecule has 0 saturated carbocycles. The average molecular weight is 369 g/mol. The first kappa shape index (κ1) is 20.6. The van der Waals surface area contributed by atoms with Crippen molar-refractivity contribution in [2.75, 3.05) is 0 Å². The summed E-state index contributed by atoms with van der Waals surface area (Å²) >= 11 is 0. The Labute approximate surface area is 154 Å². The van der Waals surface area contributed by atoms with E-state index in [-0.39, 0.29) is 36.6 Å². The maximum Gasteiger partial charge on any atom is 0.163 e. The Morgan fingerprint density at radius 3 is 2.54 bits per heavy atom. The summed E-state index contributed by atoms with van der Waals surface area (Å²) in [5.74, 6) is 0.0534. The second-order valence-electron chi connectivity index (χ2n) is 5.73. The van der Waals surface area contributed by atoms with Gasteiger partial charge in [0.25, 0.3) is 0 Å². The molecule has 2 atom stereocenters. The van der Waals surface area contributed by atoms with Crippen molar-refractivity contribution in [1.82, 2.24) is 10.3 Å². The van der Waals surface area contributed by atoms with Gasteiger partial charge >= 0.3 is 0 Å². The molecule has 6 heteroatoms. The quantitative estimate of drug-likeness (QED) is 0.796. The van der Waals surface area contributed by atoms with Crippen molar-refractivity contribution >= 4 is 30.6 Å². The van der Waals surface area contributed by atoms with Crippen LogP contribution in [0.5, 0.6) is 0 Å². The van der Waals surface area contributed by atoms with Crippen molar-refractivity contribution < 1.29 is 9.90 Å². The van der Waals surface area contributed by atoms with Gasteiger partial charge in [0.15, 0.2) is 5.78 Å². The number of fused-ring (bicyclic) bond motifs is 1. The first-order valence-corrected chi connectivity index (χ1v) is 7.65. The van der Waals surface area contributed by atoms with Gasteiger partial charge in [-0.2, -0.15) is 0 Å². The number of rotatable bonds is 5. The second-order valence-corrected chi connectivity index (χ2v) is 5.73. The van der Waals surface area contributed by atoms with Crippen LogP contribution in [0.15, 0.2) is 48.8 Å². The third-order valence-electron chi connectivity index (χ3n) is 4.25. The maximum absolute atomic E-state index is 12.1. The van der Waals surface area contributed by atoms with Crippen LogP contribution in [0.1, 0.15) is 34.3 Å². The number of hydrogen-bond acceptors (Lipinski definition) is 4. The number of aromatic nitrogens is 1. The summed E-state index contributed by atoms with van der Waals surface area (Å²) in [6, 6.07) is 11.7. The van der Waals surface area contributed by atoms with Crippen molar-refractivity contribution in [3.8, 4) is 0 Å². The molecule has 4 nitrogen and oxygen atoms in total. The standard InChI is InChI=1S/C18H20N2O2.2ClH/c21-17(13-7-9-19-10-8-13)5-6-18(22)16-11-14-3-1-2-4-15(14)12-20-16;;/h1-4,7-10,16,18,20,22H,5-6,11-12H2;2*1H/t16-,18+;;/m0../s1. The lowest BCUT2D eigenvalue weighted by Gasteiger charge is -2.29. The molecule has 0 aliphatic carbocycles. The van der Waals surface area contributed by atoms with E-state index in [1.807, 2.05) is 12.1 Å². The monoisotopic (exact) mass is 368 g/mol. The Balaban J connectivity index is 0.00000144. The number of ketones is 1. The first-order chi connectivity index (χ1) is 10.7. The fourth-order valence-electron chi connectivity index (χ4n) is 2.91. The van der Waals surface area contributed by atoms with Gasteiger partial charge in [-0.3, -0.25) is 9.78 Å². The summed E-state index contributed by atoms with van der Waals surface area (Å²) in [4.78, 5) is 16.0. The van der Waals surface area contributed by atoms with Crippen LogP contribution in [-0.4, -0.2) is 28.0 Å². The number of aliphatic hydroxyl groups excluding tert-OH is 1. The Kier molecular flexibility index (Phi) is 8.36. The lowest BCUT2D eigenvalue weighted by molar-refractivity contribution is 0.0877. The third kappa shape index (κ3) is 5.02. The highest BCUT2D eigenvalue weighted by Crippen LogP contribution is 2.19. The van der Waals surface area contributed by atoms with Crippen molar-refractivity contribution in [1.29, 1.82) is 0 Å². The number of aliphatic hydroxyl groups is 1. The molecule has 2 aromatic rings. The van der Waals surface area contributed by atoms with Crippen molar-refractivity contribution in [3.63, 3.8) is 0 Å². The van der Waals surface area contributed by atoms with Gasteiger partial charge in [-0.15, -0.1) is 24.8 Å². The number of nitrogens with one attached hydrogen (secondary N) is 1. The van der Waals surface area contributed by atoms with E-state index in [0.29, 0.717) is 18.4 Å². The van der Waals surface area contributed by atoms with Crippen LogP contribution in [0.2, 0.25) is 0 Å². The summed E-state index contributed by atoms with van der Waals surface area (Å²) in [6.07, 6.45) is 4.35. The minimum Gasteiger partial charge on any atom is -0.391 e. The van der Waals surface area contributed by atoms with Gasteiger partial charge in [0.2, 0.25) is 0 Å². The number of halogens is 2. The van der Waals surface area contributed by atoms with Gasteiger partial charge in [-0.25, -0.2) is 0 Å². The molecule has 2 heterocycles. The van der Waals surface area contributed by atoms with E-state index < -0.39 is 6.10 Å². The van der Waals surface area contributed by atoms with Gasteiger partial charge in [0.1, 0.15) is 0 Å². The molecule has 1 aromatic heterocycles. The number of benzene rings is 1. The van der Waals surface area contributed by atoms with E-state index in [1.165, 1.54) is 11.1 Å². The number of nitrogens with zero attached hydrogens (tertiary/aromatic N) is 1. The van der Waals surface area contributed by atoms with Crippen molar-refractivity contribution in [2.45, 2.75) is 38.0 Å². The minimum atomic E-state index is -0.515. The molecule has 0 amide bonds. The zero-order chi connectivity index (χ0) is 15.4. The largest absolute Gasteiger partial charge is 0.391 e. The smallest absolute Gasteiger partial charge is 0.163 e. The molecule has 0 saturated heterocycles. The predicted molar refractivity (Wildman–Crippen MR) is 99.1 cm³/mol. The van der Waals surface area contributed by atoms with E-state index in [1.54, 1.807) is 24.5 Å². The Morgan fingerprint density at radius 1 is 1.17 bits per heavy atom. The highest BCUT2D eigenvalue weighted by atomic mass is 35.5. The van der Waals surface area contributed by atoms with E-state index in [4.69, 9.17) is 0 Å². The Bertz CT molecular complexity index is 652. The predicted octanol–water partition coefficient (Wildman–Crippen LogP) is 2.96. The van der Waals surface area contributed by atoms with Crippen LogP contribution < -0.4 is 5.32 Å². The van der Waals surface area contributed by atoms with Crippen LogP contribution in [-0.2, 0) is 13.0 Å². The Morgan fingerprint density at radius 2 is 1.83 bits per heavy atom. The number of pyridine rings is 1. The van der Waals surface area contributed by atoms with Gasteiger partial charge < -0.3 is 10.4 Å². The molecule has 1 aliphatic rings. The summed E-state index contributed by atoms with van der Waals surface area (Å²) in [5, 5.41) is 13.7. The molecule has 24 heavy (non-hydrogen) atoms. The highest BCUT2D eigenvalue weighted by molar-refractivity contribution is 5.95. The molecule has 1 aliphatic heterocycles. The molecule has 0 radical (unpaired) electrons. The van der Waals surface area contributed by atoms with E-state index >= 15 is 0 Å². The molecule has 0 unspecified atom stereocenters. The van der Waals surface area contributed by atoms with Crippen LogP contribution in [0.4, 0.5) is 0 Å². The lowest BCUT2D eigenvalue weighted by atomic mass is 9.91. The van der Waals surface area contributed by atoms with Gasteiger partial charge in [0, 0.05) is 37.0 Å². The molecule has 0 spiro atoms. The highest BCUT2D eigenvalue weighted by Gasteiger charge is 2.24. The molecule has 3 rings (SSSR count). The minimum absolute atomic E-state index is 0. The third-order valence-corrected chi connectivity index (χ3v) is 4.25. The maximum atomic E-state index is 12.1. The zero-order valence-corrected chi connectivity index (χ0v) is 14.9. The van der Waals surface area contributed by atoms with Gasteiger partial charge in [-0.05, 0) is 36.1 Å². The zero-order valence-electron chi connectivity index (χ0n) is 13.2. The molecule has 1 aromatic carbocycles. The Hall–Kier alpha value is -1.46. The summed E-state index contributed by atoms with van der Waals surface area (Å²) in [5.41, 5.74) is 3.23. The summed E-state index contributed by atoms with van der Waals surface area (Å²) in [7, 11) is 0. The van der Waals surface area contributed by atoms with E-state index in [9.17, 15) is 9.90 Å². The molecular formula is C18H22Cl2N2O2. The van der Waals surface area contributed by atoms with Gasteiger partial charge in [-0.1, -0.05) is 24.3 Å². The lowest BCUT2D eigenvalue weighted by Crippen LogP contribution is -2.44. The summed E-state index contributed by atoms with van der Waals surface area (Å²) < 4.78 is 0. The van der Waals surface area contributed by atoms with Crippen LogP contribution in [0.25, 0.3) is 0 Å².